The van der Waals surface area contributed by atoms with Gasteiger partial charge < -0.3 is 16.6 Å². The Kier molecular flexibility index (Phi) is 11.4. The minimum Gasteiger partial charge on any atom is -0.480 e. The summed E-state index contributed by atoms with van der Waals surface area (Å²) >= 11 is 0. The van der Waals surface area contributed by atoms with Gasteiger partial charge in [-0.25, -0.2) is 0 Å². The second kappa shape index (κ2) is 7.61. The quantitative estimate of drug-likeness (QED) is 0.637. The van der Waals surface area contributed by atoms with Crippen molar-refractivity contribution in [1.29, 1.82) is 0 Å². The van der Waals surface area contributed by atoms with Crippen LogP contribution in [0.2, 0.25) is 0 Å². The fraction of sp³-hybridized carbons (Fsp3) is 0.833. The fourth-order valence-corrected chi connectivity index (χ4v) is 0.576. The van der Waals surface area contributed by atoms with Crippen LogP contribution >= 0.6 is 24.8 Å². The maximum Gasteiger partial charge on any atom is 0.323 e. The van der Waals surface area contributed by atoms with Crippen molar-refractivity contribution in [2.45, 2.75) is 25.3 Å². The van der Waals surface area contributed by atoms with E-state index in [9.17, 15) is 4.79 Å². The van der Waals surface area contributed by atoms with Crippen LogP contribution in [0, 0.1) is 0 Å². The van der Waals surface area contributed by atoms with Gasteiger partial charge in [-0.3, -0.25) is 4.79 Å². The van der Waals surface area contributed by atoms with Crippen LogP contribution in [0.3, 0.4) is 0 Å². The van der Waals surface area contributed by atoms with Crippen LogP contribution in [0.1, 0.15) is 19.8 Å². The predicted octanol–water partition coefficient (Wildman–Crippen LogP) is 0.371. The highest BCUT2D eigenvalue weighted by Crippen LogP contribution is 2.07. The molecule has 4 nitrogen and oxygen atoms in total. The number of aliphatic carboxylic acids is 1. The number of rotatable bonds is 4. The molecule has 5 N–H and O–H groups in total. The molecule has 0 heterocycles. The molecule has 6 heteroatoms. The highest BCUT2D eigenvalue weighted by atomic mass is 35.5. The van der Waals surface area contributed by atoms with Crippen molar-refractivity contribution in [2.75, 3.05) is 6.54 Å². The maximum atomic E-state index is 10.4. The third-order valence-electron chi connectivity index (χ3n) is 1.39. The van der Waals surface area contributed by atoms with E-state index in [1.165, 1.54) is 6.92 Å². The molecule has 0 fully saturated rings. The largest absolute Gasteiger partial charge is 0.480 e. The first kappa shape index (κ1) is 17.9. The molecule has 0 aromatic rings. The summed E-state index contributed by atoms with van der Waals surface area (Å²) in [5.74, 6) is -0.971. The molecule has 76 valence electrons. The predicted molar refractivity (Wildman–Crippen MR) is 53.0 cm³/mol. The molecule has 12 heavy (non-hydrogen) atoms. The molecule has 1 atom stereocenters. The third kappa shape index (κ3) is 6.67. The highest BCUT2D eigenvalue weighted by Gasteiger charge is 2.26. The number of hydrogen-bond acceptors (Lipinski definition) is 3. The zero-order valence-corrected chi connectivity index (χ0v) is 8.58. The molecule has 0 aromatic heterocycles. The van der Waals surface area contributed by atoms with Gasteiger partial charge in [0.05, 0.1) is 0 Å². The zero-order valence-electron chi connectivity index (χ0n) is 6.95. The first-order chi connectivity index (χ1) is 4.50. The number of carboxylic acids is 1. The molecule has 0 spiro atoms. The summed E-state index contributed by atoms with van der Waals surface area (Å²) in [6.45, 7) is 1.98. The molecule has 0 aliphatic rings. The van der Waals surface area contributed by atoms with Gasteiger partial charge in [-0.15, -0.1) is 24.8 Å². The molecule has 0 bridgehead atoms. The van der Waals surface area contributed by atoms with Gasteiger partial charge in [0.1, 0.15) is 5.54 Å². The third-order valence-corrected chi connectivity index (χ3v) is 1.39. The van der Waals surface area contributed by atoms with Crippen LogP contribution in [0.5, 0.6) is 0 Å². The van der Waals surface area contributed by atoms with Crippen LogP contribution < -0.4 is 11.5 Å². The van der Waals surface area contributed by atoms with Crippen LogP contribution in [-0.2, 0) is 4.79 Å². The molecular formula is C6H16Cl2N2O2. The van der Waals surface area contributed by atoms with Gasteiger partial charge in [0.15, 0.2) is 0 Å². The van der Waals surface area contributed by atoms with Crippen LogP contribution in [0.25, 0.3) is 0 Å². The number of carbonyl (C=O) groups is 1. The molecule has 0 radical (unpaired) electrons. The Labute approximate surface area is 84.5 Å². The molecule has 0 saturated carbocycles. The molecular weight excluding hydrogens is 203 g/mol. The summed E-state index contributed by atoms with van der Waals surface area (Å²) in [7, 11) is 0. The fourth-order valence-electron chi connectivity index (χ4n) is 0.576. The molecule has 0 unspecified atom stereocenters. The average Bonchev–Trinajstić information content (AvgIpc) is 1.84. The van der Waals surface area contributed by atoms with Crippen molar-refractivity contribution in [3.63, 3.8) is 0 Å². The summed E-state index contributed by atoms with van der Waals surface area (Å²) in [6.07, 6.45) is 1.08. The van der Waals surface area contributed by atoms with Gasteiger partial charge in [-0.05, 0) is 26.3 Å². The Bertz CT molecular complexity index is 131. The Balaban J connectivity index is -0.000000405. The Morgan fingerprint density at radius 2 is 1.92 bits per heavy atom. The minimum absolute atomic E-state index is 0. The van der Waals surface area contributed by atoms with E-state index in [-0.39, 0.29) is 24.8 Å². The molecule has 0 saturated heterocycles. The topological polar surface area (TPSA) is 89.3 Å². The SMILES string of the molecule is C[C@@](N)(CCCN)C(=O)O.Cl.Cl. The Hall–Kier alpha value is -0.0300. The standard InChI is InChI=1S/C6H14N2O2.2ClH/c1-6(8,5(9)10)3-2-4-7;;/h2-4,7-8H2,1H3,(H,9,10);2*1H/t6-;;/m1../s1. The van der Waals surface area contributed by atoms with E-state index in [0.717, 1.165) is 0 Å². The second-order valence-corrected chi connectivity index (χ2v) is 2.61. The first-order valence-corrected chi connectivity index (χ1v) is 3.23. The molecule has 0 rings (SSSR count). The smallest absolute Gasteiger partial charge is 0.323 e. The van der Waals surface area contributed by atoms with Gasteiger partial charge in [0, 0.05) is 0 Å². The van der Waals surface area contributed by atoms with Gasteiger partial charge >= 0.3 is 5.97 Å². The summed E-state index contributed by atoms with van der Waals surface area (Å²) in [4.78, 5) is 10.4. The maximum absolute atomic E-state index is 10.4. The lowest BCUT2D eigenvalue weighted by atomic mass is 9.98. The lowest BCUT2D eigenvalue weighted by Gasteiger charge is -2.17. The summed E-state index contributed by atoms with van der Waals surface area (Å²) in [5, 5.41) is 8.50. The number of nitrogens with two attached hydrogens (primary N) is 2. The minimum atomic E-state index is -1.11. The van der Waals surface area contributed by atoms with Crippen LogP contribution in [0.15, 0.2) is 0 Å². The normalized spacial score (nSPS) is 13.6. The lowest BCUT2D eigenvalue weighted by molar-refractivity contribution is -0.142. The van der Waals surface area contributed by atoms with E-state index in [1.807, 2.05) is 0 Å². The molecule has 0 aliphatic heterocycles. The Morgan fingerprint density at radius 1 is 1.50 bits per heavy atom. The summed E-state index contributed by atoms with van der Waals surface area (Å²) < 4.78 is 0. The number of carboxylic acid groups (broad SMARTS) is 1. The number of halogens is 2. The van der Waals surface area contributed by atoms with Crippen molar-refractivity contribution >= 4 is 30.8 Å². The molecule has 0 aromatic carbocycles. The molecule has 0 amide bonds. The van der Waals surface area contributed by atoms with Crippen LogP contribution in [0.4, 0.5) is 0 Å². The second-order valence-electron chi connectivity index (χ2n) is 2.61. The van der Waals surface area contributed by atoms with Gasteiger partial charge in [0.25, 0.3) is 0 Å². The summed E-state index contributed by atoms with van der Waals surface area (Å²) in [6, 6.07) is 0. The number of hydrogen-bond donors (Lipinski definition) is 3. The van der Waals surface area contributed by atoms with Crippen molar-refractivity contribution < 1.29 is 9.90 Å². The van der Waals surface area contributed by atoms with E-state index in [2.05, 4.69) is 0 Å². The molecule has 0 aliphatic carbocycles. The van der Waals surface area contributed by atoms with Crippen LogP contribution in [-0.4, -0.2) is 23.2 Å². The Morgan fingerprint density at radius 3 is 2.17 bits per heavy atom. The van der Waals surface area contributed by atoms with Gasteiger partial charge in [-0.2, -0.15) is 0 Å². The highest BCUT2D eigenvalue weighted by molar-refractivity contribution is 5.85. The van der Waals surface area contributed by atoms with Gasteiger partial charge in [-0.1, -0.05) is 0 Å². The van der Waals surface area contributed by atoms with Crippen molar-refractivity contribution in [1.82, 2.24) is 0 Å². The first-order valence-electron chi connectivity index (χ1n) is 3.23. The van der Waals surface area contributed by atoms with E-state index in [4.69, 9.17) is 16.6 Å². The summed E-state index contributed by atoms with van der Waals surface area (Å²) in [5.41, 5.74) is 9.47. The van der Waals surface area contributed by atoms with E-state index in [1.54, 1.807) is 0 Å². The monoisotopic (exact) mass is 218 g/mol. The van der Waals surface area contributed by atoms with Crippen molar-refractivity contribution in [3.05, 3.63) is 0 Å². The lowest BCUT2D eigenvalue weighted by Crippen LogP contribution is -2.45. The van der Waals surface area contributed by atoms with Crippen molar-refractivity contribution in [2.24, 2.45) is 11.5 Å². The van der Waals surface area contributed by atoms with Crippen molar-refractivity contribution in [3.8, 4) is 0 Å². The average molecular weight is 219 g/mol. The van der Waals surface area contributed by atoms with E-state index in [0.29, 0.717) is 19.4 Å². The van der Waals surface area contributed by atoms with Gasteiger partial charge in [0.2, 0.25) is 0 Å². The van der Waals surface area contributed by atoms with E-state index < -0.39 is 11.5 Å². The van der Waals surface area contributed by atoms with E-state index >= 15 is 0 Å². The zero-order chi connectivity index (χ0) is 8.20.